The summed E-state index contributed by atoms with van der Waals surface area (Å²) in [5.41, 5.74) is -0.255. The number of halogens is 1. The van der Waals surface area contributed by atoms with Gasteiger partial charge in [0.05, 0.1) is 19.1 Å². The summed E-state index contributed by atoms with van der Waals surface area (Å²) in [6.07, 6.45) is 0. The first-order valence-electron chi connectivity index (χ1n) is 3.66. The summed E-state index contributed by atoms with van der Waals surface area (Å²) in [4.78, 5) is 10.0. The van der Waals surface area contributed by atoms with Gasteiger partial charge in [-0.25, -0.2) is 0 Å². The molecule has 1 aromatic rings. The minimum atomic E-state index is -0.597. The highest BCUT2D eigenvalue weighted by Crippen LogP contribution is 2.38. The van der Waals surface area contributed by atoms with E-state index in [1.165, 1.54) is 26.4 Å². The van der Waals surface area contributed by atoms with E-state index >= 15 is 0 Å². The standard InChI is InChI=1S/C8H8ClNO4/c1-13-5-3-6(9)8(10(11)12)7(4-5)14-2/h3-4H,1-2H3. The van der Waals surface area contributed by atoms with Crippen LogP contribution < -0.4 is 9.47 Å². The minimum Gasteiger partial charge on any atom is -0.497 e. The predicted molar refractivity (Wildman–Crippen MR) is 51.2 cm³/mol. The van der Waals surface area contributed by atoms with E-state index in [-0.39, 0.29) is 16.5 Å². The molecule has 0 unspecified atom stereocenters. The van der Waals surface area contributed by atoms with Crippen molar-refractivity contribution in [1.82, 2.24) is 0 Å². The van der Waals surface area contributed by atoms with E-state index in [0.29, 0.717) is 5.75 Å². The Labute approximate surface area is 85.3 Å². The number of rotatable bonds is 3. The van der Waals surface area contributed by atoms with Crippen molar-refractivity contribution in [3.05, 3.63) is 27.3 Å². The van der Waals surface area contributed by atoms with Gasteiger partial charge < -0.3 is 9.47 Å². The molecule has 0 fully saturated rings. The molecule has 0 saturated carbocycles. The molecule has 0 amide bonds. The van der Waals surface area contributed by atoms with Gasteiger partial charge in [-0.05, 0) is 0 Å². The molecule has 0 saturated heterocycles. The molecule has 0 heterocycles. The van der Waals surface area contributed by atoms with Gasteiger partial charge in [0.15, 0.2) is 0 Å². The largest absolute Gasteiger partial charge is 0.497 e. The van der Waals surface area contributed by atoms with E-state index in [1.807, 2.05) is 0 Å². The Hall–Kier alpha value is -1.49. The van der Waals surface area contributed by atoms with Crippen LogP contribution in [-0.4, -0.2) is 19.1 Å². The van der Waals surface area contributed by atoms with Crippen LogP contribution in [0.15, 0.2) is 12.1 Å². The lowest BCUT2D eigenvalue weighted by molar-refractivity contribution is -0.385. The van der Waals surface area contributed by atoms with Crippen molar-refractivity contribution >= 4 is 17.3 Å². The van der Waals surface area contributed by atoms with E-state index < -0.39 is 4.92 Å². The molecule has 0 aliphatic heterocycles. The number of methoxy groups -OCH3 is 2. The summed E-state index contributed by atoms with van der Waals surface area (Å²) < 4.78 is 9.71. The van der Waals surface area contributed by atoms with Crippen molar-refractivity contribution in [3.63, 3.8) is 0 Å². The zero-order chi connectivity index (χ0) is 10.7. The zero-order valence-corrected chi connectivity index (χ0v) is 8.37. The number of nitro groups is 1. The van der Waals surface area contributed by atoms with Crippen LogP contribution in [0.4, 0.5) is 5.69 Å². The fourth-order valence-electron chi connectivity index (χ4n) is 1.00. The molecule has 1 aromatic carbocycles. The van der Waals surface area contributed by atoms with Crippen LogP contribution in [0.1, 0.15) is 0 Å². The number of nitro benzene ring substituents is 1. The maximum Gasteiger partial charge on any atom is 0.329 e. The number of nitrogens with zero attached hydrogens (tertiary/aromatic N) is 1. The molecular weight excluding hydrogens is 210 g/mol. The molecule has 1 rings (SSSR count). The van der Waals surface area contributed by atoms with E-state index in [1.54, 1.807) is 0 Å². The quantitative estimate of drug-likeness (QED) is 0.576. The molecule has 76 valence electrons. The van der Waals surface area contributed by atoms with Crippen LogP contribution in [-0.2, 0) is 0 Å². The minimum absolute atomic E-state index is 0.00815. The van der Waals surface area contributed by atoms with Crippen LogP contribution >= 0.6 is 11.6 Å². The van der Waals surface area contributed by atoms with Gasteiger partial charge in [0.1, 0.15) is 10.8 Å². The van der Waals surface area contributed by atoms with E-state index in [2.05, 4.69) is 0 Å². The molecule has 14 heavy (non-hydrogen) atoms. The third-order valence-corrected chi connectivity index (χ3v) is 1.93. The Morgan fingerprint density at radius 3 is 2.43 bits per heavy atom. The van der Waals surface area contributed by atoms with Crippen molar-refractivity contribution < 1.29 is 14.4 Å². The number of hydrogen-bond donors (Lipinski definition) is 0. The van der Waals surface area contributed by atoms with E-state index in [4.69, 9.17) is 21.1 Å². The van der Waals surface area contributed by atoms with Gasteiger partial charge in [-0.3, -0.25) is 10.1 Å². The molecule has 0 aliphatic rings. The van der Waals surface area contributed by atoms with Crippen LogP contribution in [0, 0.1) is 10.1 Å². The second-order valence-corrected chi connectivity index (χ2v) is 2.82. The lowest BCUT2D eigenvalue weighted by Gasteiger charge is -2.05. The Kier molecular flexibility index (Phi) is 3.14. The second-order valence-electron chi connectivity index (χ2n) is 2.42. The molecule has 0 radical (unpaired) electrons. The van der Waals surface area contributed by atoms with Crippen molar-refractivity contribution in [2.45, 2.75) is 0 Å². The van der Waals surface area contributed by atoms with Gasteiger partial charge in [0.2, 0.25) is 5.75 Å². The lowest BCUT2D eigenvalue weighted by atomic mass is 10.3. The molecule has 0 aliphatic carbocycles. The highest BCUT2D eigenvalue weighted by Gasteiger charge is 2.21. The highest BCUT2D eigenvalue weighted by molar-refractivity contribution is 6.33. The fourth-order valence-corrected chi connectivity index (χ4v) is 1.27. The van der Waals surface area contributed by atoms with Crippen LogP contribution in [0.3, 0.4) is 0 Å². The van der Waals surface area contributed by atoms with E-state index in [0.717, 1.165) is 0 Å². The van der Waals surface area contributed by atoms with Gasteiger partial charge in [0.25, 0.3) is 0 Å². The maximum absolute atomic E-state index is 10.6. The summed E-state index contributed by atoms with van der Waals surface area (Å²) >= 11 is 5.69. The normalized spacial score (nSPS) is 9.64. The lowest BCUT2D eigenvalue weighted by Crippen LogP contribution is -1.95. The first-order chi connectivity index (χ1) is 6.60. The average Bonchev–Trinajstić information content (AvgIpc) is 2.15. The maximum atomic E-state index is 10.6. The molecule has 0 atom stereocenters. The van der Waals surface area contributed by atoms with Crippen molar-refractivity contribution in [2.24, 2.45) is 0 Å². The molecule has 5 nitrogen and oxygen atoms in total. The molecule has 0 bridgehead atoms. The summed E-state index contributed by atoms with van der Waals surface area (Å²) in [6, 6.07) is 2.77. The number of hydrogen-bond acceptors (Lipinski definition) is 4. The first kappa shape index (κ1) is 10.6. The molecular formula is C8H8ClNO4. The van der Waals surface area contributed by atoms with Crippen molar-refractivity contribution in [3.8, 4) is 11.5 Å². The monoisotopic (exact) mass is 217 g/mol. The summed E-state index contributed by atoms with van der Waals surface area (Å²) in [5.74, 6) is 0.497. The van der Waals surface area contributed by atoms with E-state index in [9.17, 15) is 10.1 Å². The Bertz CT molecular complexity index is 367. The van der Waals surface area contributed by atoms with Gasteiger partial charge in [-0.2, -0.15) is 0 Å². The second kappa shape index (κ2) is 4.15. The molecule has 0 aromatic heterocycles. The average molecular weight is 218 g/mol. The first-order valence-corrected chi connectivity index (χ1v) is 4.04. The smallest absolute Gasteiger partial charge is 0.329 e. The number of benzene rings is 1. The Morgan fingerprint density at radius 2 is 2.00 bits per heavy atom. The zero-order valence-electron chi connectivity index (χ0n) is 7.61. The topological polar surface area (TPSA) is 61.6 Å². The number of ether oxygens (including phenoxy) is 2. The van der Waals surface area contributed by atoms with Gasteiger partial charge in [-0.15, -0.1) is 0 Å². The van der Waals surface area contributed by atoms with Gasteiger partial charge >= 0.3 is 5.69 Å². The summed E-state index contributed by atoms with van der Waals surface area (Å²) in [6.45, 7) is 0. The van der Waals surface area contributed by atoms with Gasteiger partial charge in [-0.1, -0.05) is 11.6 Å². The predicted octanol–water partition coefficient (Wildman–Crippen LogP) is 2.27. The third kappa shape index (κ3) is 1.88. The molecule has 0 N–H and O–H groups in total. The fraction of sp³-hybridized carbons (Fsp3) is 0.250. The Morgan fingerprint density at radius 1 is 1.36 bits per heavy atom. The third-order valence-electron chi connectivity index (χ3n) is 1.64. The molecule has 6 heteroatoms. The van der Waals surface area contributed by atoms with Crippen LogP contribution in [0.5, 0.6) is 11.5 Å². The van der Waals surface area contributed by atoms with Crippen LogP contribution in [0.2, 0.25) is 5.02 Å². The highest BCUT2D eigenvalue weighted by atomic mass is 35.5. The van der Waals surface area contributed by atoms with Gasteiger partial charge in [0, 0.05) is 12.1 Å². The van der Waals surface area contributed by atoms with Crippen LogP contribution in [0.25, 0.3) is 0 Å². The van der Waals surface area contributed by atoms with Crippen molar-refractivity contribution in [2.75, 3.05) is 14.2 Å². The Balaban J connectivity index is 3.34. The summed E-state index contributed by atoms with van der Waals surface area (Å²) in [5, 5.41) is 10.6. The molecule has 0 spiro atoms. The summed E-state index contributed by atoms with van der Waals surface area (Å²) in [7, 11) is 2.77. The SMILES string of the molecule is COc1cc(Cl)c([N+](=O)[O-])c(OC)c1. The van der Waals surface area contributed by atoms with Crippen molar-refractivity contribution in [1.29, 1.82) is 0 Å².